The molecule has 12 heteroatoms. The highest BCUT2D eigenvalue weighted by atomic mass is 35.5. The van der Waals surface area contributed by atoms with E-state index >= 15 is 0 Å². The maximum absolute atomic E-state index is 12.2. The lowest BCUT2D eigenvalue weighted by atomic mass is 10.1. The van der Waals surface area contributed by atoms with Gasteiger partial charge in [-0.25, -0.2) is 9.97 Å². The van der Waals surface area contributed by atoms with Crippen molar-refractivity contribution in [1.29, 1.82) is 0 Å². The standard InChI is InChI=1S/C25H20ClN7O3S/c26-18-10-16(36-12-20(34)28-15-4-2-1-3-5-15)8-9-17(18)19-11-27-13-33(19)23-21-22(31-32-23)29-25(37-21)30-24(35)14-6-7-14/h1-5,8-11,13-14H,6-7,12H2,(H,28,34)(H2,29,30,31,32,35). The molecule has 2 aromatic carbocycles. The van der Waals surface area contributed by atoms with E-state index in [9.17, 15) is 9.59 Å². The molecule has 6 rings (SSSR count). The molecule has 0 radical (unpaired) electrons. The second-order valence-corrected chi connectivity index (χ2v) is 9.91. The van der Waals surface area contributed by atoms with Crippen LogP contribution in [0.1, 0.15) is 12.8 Å². The summed E-state index contributed by atoms with van der Waals surface area (Å²) in [4.78, 5) is 33.0. The van der Waals surface area contributed by atoms with Crippen LogP contribution in [0, 0.1) is 5.92 Å². The predicted molar refractivity (Wildman–Crippen MR) is 141 cm³/mol. The van der Waals surface area contributed by atoms with E-state index in [-0.39, 0.29) is 24.3 Å². The van der Waals surface area contributed by atoms with Gasteiger partial charge in [-0.05, 0) is 43.2 Å². The summed E-state index contributed by atoms with van der Waals surface area (Å²) < 4.78 is 8.22. The van der Waals surface area contributed by atoms with Crippen molar-refractivity contribution >= 4 is 55.9 Å². The maximum atomic E-state index is 12.2. The molecule has 10 nitrogen and oxygen atoms in total. The summed E-state index contributed by atoms with van der Waals surface area (Å²) in [7, 11) is 0. The fourth-order valence-corrected chi connectivity index (χ4v) is 4.97. The summed E-state index contributed by atoms with van der Waals surface area (Å²) in [5.74, 6) is 0.877. The quantitative estimate of drug-likeness (QED) is 0.260. The Balaban J connectivity index is 1.19. The minimum absolute atomic E-state index is 0.000805. The zero-order chi connectivity index (χ0) is 25.4. The van der Waals surface area contributed by atoms with Gasteiger partial charge in [0, 0.05) is 17.2 Å². The Morgan fingerprint density at radius 1 is 1.16 bits per heavy atom. The Hall–Kier alpha value is -4.22. The number of thiazole rings is 1. The van der Waals surface area contributed by atoms with Crippen LogP contribution in [0.2, 0.25) is 5.02 Å². The number of halogens is 1. The number of fused-ring (bicyclic) bond motifs is 1. The summed E-state index contributed by atoms with van der Waals surface area (Å²) in [6.45, 7) is -0.154. The van der Waals surface area contributed by atoms with Gasteiger partial charge in [-0.2, -0.15) is 5.10 Å². The van der Waals surface area contributed by atoms with Gasteiger partial charge in [0.2, 0.25) is 5.91 Å². The van der Waals surface area contributed by atoms with Crippen LogP contribution in [0.15, 0.2) is 61.1 Å². The van der Waals surface area contributed by atoms with Gasteiger partial charge in [0.05, 0.1) is 16.9 Å². The second-order valence-electron chi connectivity index (χ2n) is 8.50. The Bertz CT molecular complexity index is 1610. The zero-order valence-corrected chi connectivity index (χ0v) is 20.8. The number of aromatic nitrogens is 5. The summed E-state index contributed by atoms with van der Waals surface area (Å²) in [6, 6.07) is 14.4. The number of rotatable bonds is 8. The third-order valence-electron chi connectivity index (χ3n) is 5.79. The highest BCUT2D eigenvalue weighted by Crippen LogP contribution is 2.36. The molecule has 0 aliphatic heterocycles. The normalized spacial score (nSPS) is 13.0. The van der Waals surface area contributed by atoms with Crippen LogP contribution in [0.5, 0.6) is 5.75 Å². The van der Waals surface area contributed by atoms with Crippen molar-refractivity contribution < 1.29 is 14.3 Å². The number of imidazole rings is 1. The molecule has 37 heavy (non-hydrogen) atoms. The number of carbonyl (C=O) groups excluding carboxylic acids is 2. The second kappa shape index (κ2) is 9.68. The number of hydrogen-bond donors (Lipinski definition) is 3. The monoisotopic (exact) mass is 533 g/mol. The van der Waals surface area contributed by atoms with E-state index < -0.39 is 0 Å². The largest absolute Gasteiger partial charge is 0.484 e. The van der Waals surface area contributed by atoms with Gasteiger partial charge in [0.25, 0.3) is 5.91 Å². The van der Waals surface area contributed by atoms with Crippen LogP contribution < -0.4 is 15.4 Å². The Kier molecular flexibility index (Phi) is 6.07. The molecule has 5 aromatic rings. The lowest BCUT2D eigenvalue weighted by Crippen LogP contribution is -2.20. The first kappa shape index (κ1) is 23.2. The van der Waals surface area contributed by atoms with Crippen LogP contribution in [-0.2, 0) is 9.59 Å². The van der Waals surface area contributed by atoms with Crippen molar-refractivity contribution in [2.24, 2.45) is 5.92 Å². The molecule has 1 aliphatic rings. The molecule has 3 N–H and O–H groups in total. The molecule has 0 unspecified atom stereocenters. The van der Waals surface area contributed by atoms with Crippen LogP contribution in [-0.4, -0.2) is 43.2 Å². The third-order valence-corrected chi connectivity index (χ3v) is 7.07. The number of benzene rings is 2. The SMILES string of the molecule is O=C(COc1ccc(-c2cncn2-c2n[nH]c3nc(NC(=O)C4CC4)sc23)c(Cl)c1)Nc1ccccc1. The highest BCUT2D eigenvalue weighted by molar-refractivity contribution is 7.22. The van der Waals surface area contributed by atoms with E-state index in [4.69, 9.17) is 16.3 Å². The maximum Gasteiger partial charge on any atom is 0.262 e. The van der Waals surface area contributed by atoms with Gasteiger partial charge < -0.3 is 15.4 Å². The Morgan fingerprint density at radius 3 is 2.78 bits per heavy atom. The number of carbonyl (C=O) groups is 2. The molecule has 0 atom stereocenters. The van der Waals surface area contributed by atoms with Gasteiger partial charge in [-0.15, -0.1) is 0 Å². The molecule has 186 valence electrons. The first-order valence-electron chi connectivity index (χ1n) is 11.5. The average Bonchev–Trinajstić information content (AvgIpc) is 3.33. The minimum atomic E-state index is -0.274. The fraction of sp³-hybridized carbons (Fsp3) is 0.160. The van der Waals surface area contributed by atoms with E-state index in [0.717, 1.165) is 17.5 Å². The fourth-order valence-electron chi connectivity index (χ4n) is 3.80. The van der Waals surface area contributed by atoms with Gasteiger partial charge in [-0.3, -0.25) is 19.3 Å². The molecule has 3 aromatic heterocycles. The number of nitrogens with one attached hydrogen (secondary N) is 3. The predicted octanol–water partition coefficient (Wildman–Crippen LogP) is 4.89. The number of para-hydroxylation sites is 1. The summed E-state index contributed by atoms with van der Waals surface area (Å²) in [6.07, 6.45) is 5.17. The molecule has 2 amide bonds. The highest BCUT2D eigenvalue weighted by Gasteiger charge is 2.30. The summed E-state index contributed by atoms with van der Waals surface area (Å²) in [5.41, 5.74) is 2.70. The number of ether oxygens (including phenoxy) is 1. The molecule has 1 saturated carbocycles. The number of nitrogens with zero attached hydrogens (tertiary/aromatic N) is 4. The van der Waals surface area contributed by atoms with Crippen LogP contribution >= 0.6 is 22.9 Å². The van der Waals surface area contributed by atoms with Crippen molar-refractivity contribution in [3.8, 4) is 22.8 Å². The lowest BCUT2D eigenvalue weighted by molar-refractivity contribution is -0.118. The van der Waals surface area contributed by atoms with Gasteiger partial charge in [0.15, 0.2) is 23.2 Å². The Morgan fingerprint density at radius 2 is 2.00 bits per heavy atom. The van der Waals surface area contributed by atoms with E-state index in [1.807, 2.05) is 18.2 Å². The number of amides is 2. The average molecular weight is 534 g/mol. The smallest absolute Gasteiger partial charge is 0.262 e. The van der Waals surface area contributed by atoms with Crippen molar-refractivity contribution in [3.63, 3.8) is 0 Å². The van der Waals surface area contributed by atoms with Gasteiger partial charge >= 0.3 is 0 Å². The lowest BCUT2D eigenvalue weighted by Gasteiger charge is -2.11. The molecule has 0 spiro atoms. The molecular formula is C25H20ClN7O3S. The van der Waals surface area contributed by atoms with Gasteiger partial charge in [0.1, 0.15) is 16.8 Å². The molecule has 0 saturated heterocycles. The summed E-state index contributed by atoms with van der Waals surface area (Å²) in [5, 5.41) is 13.9. The Labute approximate surface area is 219 Å². The van der Waals surface area contributed by atoms with E-state index in [1.54, 1.807) is 47.4 Å². The summed E-state index contributed by atoms with van der Waals surface area (Å²) >= 11 is 7.95. The number of anilines is 2. The first-order chi connectivity index (χ1) is 18.0. The molecule has 0 bridgehead atoms. The van der Waals surface area contributed by atoms with Crippen molar-refractivity contribution in [2.75, 3.05) is 17.2 Å². The topological polar surface area (TPSA) is 127 Å². The van der Waals surface area contributed by atoms with Crippen molar-refractivity contribution in [3.05, 3.63) is 66.1 Å². The number of aromatic amines is 1. The van der Waals surface area contributed by atoms with E-state index in [2.05, 4.69) is 30.8 Å². The third kappa shape index (κ3) is 4.91. The number of H-pyrrole nitrogens is 1. The van der Waals surface area contributed by atoms with Crippen LogP contribution in [0.4, 0.5) is 10.8 Å². The van der Waals surface area contributed by atoms with E-state index in [0.29, 0.717) is 44.3 Å². The molecular weight excluding hydrogens is 514 g/mol. The first-order valence-corrected chi connectivity index (χ1v) is 12.7. The van der Waals surface area contributed by atoms with Gasteiger partial charge in [-0.1, -0.05) is 41.1 Å². The molecule has 1 aliphatic carbocycles. The van der Waals surface area contributed by atoms with E-state index in [1.165, 1.54) is 11.3 Å². The number of hydrogen-bond acceptors (Lipinski definition) is 7. The van der Waals surface area contributed by atoms with Crippen LogP contribution in [0.25, 0.3) is 27.4 Å². The van der Waals surface area contributed by atoms with Crippen molar-refractivity contribution in [2.45, 2.75) is 12.8 Å². The van der Waals surface area contributed by atoms with Crippen molar-refractivity contribution in [1.82, 2.24) is 24.7 Å². The van der Waals surface area contributed by atoms with Crippen LogP contribution in [0.3, 0.4) is 0 Å². The minimum Gasteiger partial charge on any atom is -0.484 e. The molecule has 1 fully saturated rings. The molecule has 3 heterocycles. The zero-order valence-electron chi connectivity index (χ0n) is 19.3.